The van der Waals surface area contributed by atoms with E-state index in [1.165, 1.54) is 35.9 Å². The first-order chi connectivity index (χ1) is 15.5. The molecular weight excluding hydrogens is 415 g/mol. The highest BCUT2D eigenvalue weighted by atomic mass is 19.1. The van der Waals surface area contributed by atoms with Gasteiger partial charge in [-0.05, 0) is 47.9 Å². The molecule has 0 atom stereocenters. The van der Waals surface area contributed by atoms with Crippen LogP contribution < -0.4 is 10.9 Å². The summed E-state index contributed by atoms with van der Waals surface area (Å²) in [5.74, 6) is -1.06. The minimum absolute atomic E-state index is 0.0386. The van der Waals surface area contributed by atoms with Gasteiger partial charge in [-0.15, -0.1) is 0 Å². The molecule has 8 nitrogen and oxygen atoms in total. The van der Waals surface area contributed by atoms with Gasteiger partial charge in [-0.25, -0.2) is 4.39 Å². The van der Waals surface area contributed by atoms with Crippen LogP contribution in [0.15, 0.2) is 53.7 Å². The number of halogens is 1. The predicted molar refractivity (Wildman–Crippen MR) is 115 cm³/mol. The monoisotopic (exact) mass is 438 g/mol. The fraction of sp³-hybridized carbons (Fsp3) is 0.261. The van der Waals surface area contributed by atoms with E-state index in [4.69, 9.17) is 4.74 Å². The van der Waals surface area contributed by atoms with Crippen LogP contribution >= 0.6 is 0 Å². The van der Waals surface area contributed by atoms with E-state index < -0.39 is 17.3 Å². The Morgan fingerprint density at radius 2 is 2.00 bits per heavy atom. The van der Waals surface area contributed by atoms with Gasteiger partial charge in [0.2, 0.25) is 0 Å². The SMILES string of the molecule is COCCNC(=O)c1c2c(cn(-c3ccc(F)cc3)c1=O)CN(C(=O)c1cc[nH]c1)CC2. The average Bonchev–Trinajstić information content (AvgIpc) is 3.33. The van der Waals surface area contributed by atoms with Gasteiger partial charge in [0.15, 0.2) is 0 Å². The summed E-state index contributed by atoms with van der Waals surface area (Å²) in [6.07, 6.45) is 5.32. The fourth-order valence-corrected chi connectivity index (χ4v) is 3.85. The van der Waals surface area contributed by atoms with E-state index in [9.17, 15) is 18.8 Å². The van der Waals surface area contributed by atoms with E-state index in [2.05, 4.69) is 10.3 Å². The van der Waals surface area contributed by atoms with Gasteiger partial charge in [0.25, 0.3) is 17.4 Å². The number of ether oxygens (including phenoxy) is 1. The molecule has 1 aliphatic heterocycles. The second-order valence-corrected chi connectivity index (χ2v) is 7.48. The third kappa shape index (κ3) is 4.19. The number of nitrogens with zero attached hydrogens (tertiary/aromatic N) is 2. The molecule has 2 amide bonds. The van der Waals surface area contributed by atoms with E-state index in [-0.39, 0.29) is 24.6 Å². The van der Waals surface area contributed by atoms with Crippen LogP contribution in [0, 0.1) is 5.82 Å². The summed E-state index contributed by atoms with van der Waals surface area (Å²) in [5, 5.41) is 2.71. The van der Waals surface area contributed by atoms with Crippen molar-refractivity contribution in [3.05, 3.63) is 87.3 Å². The summed E-state index contributed by atoms with van der Waals surface area (Å²) < 4.78 is 19.7. The Kier molecular flexibility index (Phi) is 6.18. The topological polar surface area (TPSA) is 96.4 Å². The van der Waals surface area contributed by atoms with Crippen LogP contribution in [0.25, 0.3) is 5.69 Å². The lowest BCUT2D eigenvalue weighted by molar-refractivity contribution is 0.0734. The standard InChI is InChI=1S/C23H23FN4O4/c1-32-11-9-26-21(29)20-19-7-10-27(22(30)15-6-8-25-12-15)13-16(19)14-28(23(20)31)18-4-2-17(24)3-5-18/h2-6,8,12,14,25H,7,9-11,13H2,1H3,(H,26,29). The third-order valence-corrected chi connectivity index (χ3v) is 5.46. The molecule has 4 rings (SSSR count). The van der Waals surface area contributed by atoms with Gasteiger partial charge in [0, 0.05) is 51.0 Å². The lowest BCUT2D eigenvalue weighted by Gasteiger charge is -2.30. The van der Waals surface area contributed by atoms with Crippen molar-refractivity contribution < 1.29 is 18.7 Å². The van der Waals surface area contributed by atoms with Crippen LogP contribution in [-0.2, 0) is 17.7 Å². The molecule has 0 saturated heterocycles. The molecular formula is C23H23FN4O4. The molecule has 9 heteroatoms. The zero-order valence-electron chi connectivity index (χ0n) is 17.6. The Morgan fingerprint density at radius 3 is 2.69 bits per heavy atom. The number of carbonyl (C=O) groups is 2. The molecule has 0 unspecified atom stereocenters. The molecule has 0 fully saturated rings. The van der Waals surface area contributed by atoms with Crippen molar-refractivity contribution in [2.45, 2.75) is 13.0 Å². The molecule has 0 radical (unpaired) electrons. The highest BCUT2D eigenvalue weighted by Crippen LogP contribution is 2.23. The zero-order valence-corrected chi connectivity index (χ0v) is 17.6. The molecule has 0 saturated carbocycles. The van der Waals surface area contributed by atoms with Crippen molar-refractivity contribution in [3.8, 4) is 5.69 Å². The first-order valence-electron chi connectivity index (χ1n) is 10.2. The van der Waals surface area contributed by atoms with Gasteiger partial charge >= 0.3 is 0 Å². The van der Waals surface area contributed by atoms with Crippen molar-refractivity contribution >= 4 is 11.8 Å². The number of nitrogens with one attached hydrogen (secondary N) is 2. The highest BCUT2D eigenvalue weighted by Gasteiger charge is 2.28. The Bertz CT molecular complexity index is 1190. The second-order valence-electron chi connectivity index (χ2n) is 7.48. The maximum Gasteiger partial charge on any atom is 0.268 e. The number of carbonyl (C=O) groups excluding carboxylic acids is 2. The molecule has 3 heterocycles. The van der Waals surface area contributed by atoms with E-state index in [0.29, 0.717) is 42.0 Å². The van der Waals surface area contributed by atoms with Gasteiger partial charge in [-0.2, -0.15) is 0 Å². The fourth-order valence-electron chi connectivity index (χ4n) is 3.85. The Morgan fingerprint density at radius 1 is 1.22 bits per heavy atom. The number of hydrogen-bond acceptors (Lipinski definition) is 4. The van der Waals surface area contributed by atoms with Gasteiger partial charge in [0.05, 0.1) is 12.2 Å². The Balaban J connectivity index is 1.76. The largest absolute Gasteiger partial charge is 0.383 e. The van der Waals surface area contributed by atoms with Crippen molar-refractivity contribution in [2.75, 3.05) is 26.8 Å². The quantitative estimate of drug-likeness (QED) is 0.575. The molecule has 2 aromatic heterocycles. The summed E-state index contributed by atoms with van der Waals surface area (Å²) in [6, 6.07) is 7.15. The number of methoxy groups -OCH3 is 1. The summed E-state index contributed by atoms with van der Waals surface area (Å²) >= 11 is 0. The summed E-state index contributed by atoms with van der Waals surface area (Å²) in [6.45, 7) is 1.20. The van der Waals surface area contributed by atoms with Gasteiger partial charge in [-0.1, -0.05) is 0 Å². The lowest BCUT2D eigenvalue weighted by atomic mass is 9.95. The Labute approximate surface area is 183 Å². The van der Waals surface area contributed by atoms with Gasteiger partial charge < -0.3 is 19.9 Å². The lowest BCUT2D eigenvalue weighted by Crippen LogP contribution is -2.41. The number of aromatic amines is 1. The predicted octanol–water partition coefficient (Wildman–Crippen LogP) is 1.88. The third-order valence-electron chi connectivity index (χ3n) is 5.46. The first kappa shape index (κ1) is 21.5. The zero-order chi connectivity index (χ0) is 22.7. The van der Waals surface area contributed by atoms with Crippen LogP contribution in [0.1, 0.15) is 31.8 Å². The molecule has 0 bridgehead atoms. The molecule has 0 aliphatic carbocycles. The molecule has 0 spiro atoms. The van der Waals surface area contributed by atoms with E-state index in [0.717, 1.165) is 0 Å². The number of pyridine rings is 1. The summed E-state index contributed by atoms with van der Waals surface area (Å²) in [4.78, 5) is 43.6. The number of aromatic nitrogens is 2. The van der Waals surface area contributed by atoms with Crippen molar-refractivity contribution in [3.63, 3.8) is 0 Å². The van der Waals surface area contributed by atoms with Crippen LogP contribution in [0.4, 0.5) is 4.39 Å². The summed E-state index contributed by atoms with van der Waals surface area (Å²) in [7, 11) is 1.52. The van der Waals surface area contributed by atoms with E-state index in [1.807, 2.05) is 0 Å². The highest BCUT2D eigenvalue weighted by molar-refractivity contribution is 5.96. The maximum atomic E-state index is 13.4. The second kappa shape index (κ2) is 9.19. The van der Waals surface area contributed by atoms with Crippen molar-refractivity contribution in [2.24, 2.45) is 0 Å². The molecule has 1 aliphatic rings. The van der Waals surface area contributed by atoms with Crippen molar-refractivity contribution in [1.82, 2.24) is 19.8 Å². The molecule has 3 aromatic rings. The number of fused-ring (bicyclic) bond motifs is 1. The number of H-pyrrole nitrogens is 1. The van der Waals surface area contributed by atoms with Crippen molar-refractivity contribution in [1.29, 1.82) is 0 Å². The smallest absolute Gasteiger partial charge is 0.268 e. The molecule has 1 aromatic carbocycles. The number of amides is 2. The number of benzene rings is 1. The van der Waals surface area contributed by atoms with Crippen LogP contribution in [0.5, 0.6) is 0 Å². The minimum atomic E-state index is -0.495. The van der Waals surface area contributed by atoms with Gasteiger partial charge in [-0.3, -0.25) is 19.0 Å². The van der Waals surface area contributed by atoms with E-state index in [1.54, 1.807) is 29.6 Å². The minimum Gasteiger partial charge on any atom is -0.383 e. The average molecular weight is 438 g/mol. The Hall–Kier alpha value is -3.72. The molecule has 32 heavy (non-hydrogen) atoms. The van der Waals surface area contributed by atoms with Crippen LogP contribution in [0.2, 0.25) is 0 Å². The van der Waals surface area contributed by atoms with E-state index >= 15 is 0 Å². The van der Waals surface area contributed by atoms with Gasteiger partial charge in [0.1, 0.15) is 11.4 Å². The number of hydrogen-bond donors (Lipinski definition) is 2. The number of rotatable bonds is 6. The first-order valence-corrected chi connectivity index (χ1v) is 10.2. The van der Waals surface area contributed by atoms with Crippen LogP contribution in [-0.4, -0.2) is 53.1 Å². The molecule has 2 N–H and O–H groups in total. The summed E-state index contributed by atoms with van der Waals surface area (Å²) in [5.41, 5.74) is 1.84. The maximum absolute atomic E-state index is 13.4. The molecule has 166 valence electrons. The van der Waals surface area contributed by atoms with Crippen LogP contribution in [0.3, 0.4) is 0 Å². The normalized spacial score (nSPS) is 13.0.